The zero-order valence-corrected chi connectivity index (χ0v) is 29.1. The van der Waals surface area contributed by atoms with E-state index in [1.54, 1.807) is 48.5 Å². The van der Waals surface area contributed by atoms with Gasteiger partial charge in [-0.15, -0.1) is 20.4 Å². The molecule has 0 bridgehead atoms. The van der Waals surface area contributed by atoms with Crippen LogP contribution in [-0.2, 0) is 22.7 Å². The van der Waals surface area contributed by atoms with E-state index in [1.807, 2.05) is 0 Å². The number of benzene rings is 2. The fraction of sp³-hybridized carbons (Fsp3) is 0.188. The summed E-state index contributed by atoms with van der Waals surface area (Å²) in [6.45, 7) is 0.254. The van der Waals surface area contributed by atoms with Gasteiger partial charge in [-0.2, -0.15) is 9.59 Å². The first-order valence-corrected chi connectivity index (χ1v) is 16.3. The van der Waals surface area contributed by atoms with Crippen molar-refractivity contribution in [2.24, 2.45) is 11.5 Å². The predicted octanol–water partition coefficient (Wildman–Crippen LogP) is 4.24. The van der Waals surface area contributed by atoms with Gasteiger partial charge in [-0.25, -0.2) is 18.7 Å². The monoisotopic (exact) mass is 784 g/mol. The number of halogens is 4. The summed E-state index contributed by atoms with van der Waals surface area (Å²) >= 11 is 11.3. The van der Waals surface area contributed by atoms with Crippen LogP contribution < -0.4 is 20.9 Å². The van der Waals surface area contributed by atoms with Gasteiger partial charge in [0.1, 0.15) is 11.5 Å². The lowest BCUT2D eigenvalue weighted by atomic mass is 10.2. The third-order valence-electron chi connectivity index (χ3n) is 6.78. The van der Waals surface area contributed by atoms with Crippen LogP contribution in [0.2, 0.25) is 10.0 Å². The summed E-state index contributed by atoms with van der Waals surface area (Å²) in [5.41, 5.74) is 12.7. The van der Waals surface area contributed by atoms with Gasteiger partial charge in [0.2, 0.25) is 11.6 Å². The fourth-order valence-electron chi connectivity index (χ4n) is 4.39. The second-order valence-corrected chi connectivity index (χ2v) is 12.1. The zero-order valence-electron chi connectivity index (χ0n) is 27.6. The van der Waals surface area contributed by atoms with E-state index in [0.717, 1.165) is 12.1 Å². The topological polar surface area (TPSA) is 258 Å². The van der Waals surface area contributed by atoms with Crippen LogP contribution in [0.5, 0.6) is 23.3 Å². The van der Waals surface area contributed by atoms with Crippen LogP contribution >= 0.6 is 23.2 Å². The highest BCUT2D eigenvalue weighted by atomic mass is 35.5. The Morgan fingerprint density at radius 1 is 0.685 bits per heavy atom. The Balaban J connectivity index is 0.000000208. The molecule has 0 aliphatic heterocycles. The lowest BCUT2D eigenvalue weighted by molar-refractivity contribution is -0.138. The highest BCUT2D eigenvalue weighted by Crippen LogP contribution is 2.27. The average Bonchev–Trinajstić information content (AvgIpc) is 3.77. The van der Waals surface area contributed by atoms with Gasteiger partial charge in [0.25, 0.3) is 11.8 Å². The van der Waals surface area contributed by atoms with Crippen molar-refractivity contribution in [1.82, 2.24) is 50.4 Å². The molecule has 0 aliphatic carbocycles. The van der Waals surface area contributed by atoms with Crippen LogP contribution in [0.4, 0.5) is 8.78 Å². The second-order valence-electron chi connectivity index (χ2n) is 11.2. The van der Waals surface area contributed by atoms with Crippen LogP contribution in [0.1, 0.15) is 12.8 Å². The summed E-state index contributed by atoms with van der Waals surface area (Å²) in [6, 6.07) is 14.0. The molecule has 18 nitrogen and oxygen atoms in total. The molecule has 0 radical (unpaired) electrons. The van der Waals surface area contributed by atoms with E-state index in [4.69, 9.17) is 54.4 Å². The van der Waals surface area contributed by atoms with Crippen molar-refractivity contribution >= 4 is 35.1 Å². The van der Waals surface area contributed by atoms with Gasteiger partial charge in [0, 0.05) is 35.6 Å². The number of nitrogens with two attached hydrogens (primary N) is 2. The maximum absolute atomic E-state index is 13.7. The van der Waals surface area contributed by atoms with E-state index in [0.29, 0.717) is 34.3 Å². The SMILES string of the molecule is N[C@@H](CC(=O)O)Cn1nnc(-c2ccc(Oc3ncc(Cl)cc3F)cc2)n1.N[C@@H](CC(=O)O)Cn1nnc(-c2ccc(Oc3ncc(Cl)cc3F)cc2)n1. The third-order valence-corrected chi connectivity index (χ3v) is 7.19. The second kappa shape index (κ2) is 18.0. The Hall–Kier alpha value is -6.22. The molecule has 0 spiro atoms. The number of pyridine rings is 2. The Morgan fingerprint density at radius 3 is 1.39 bits per heavy atom. The van der Waals surface area contributed by atoms with Gasteiger partial charge in [-0.05, 0) is 71.1 Å². The van der Waals surface area contributed by atoms with Crippen LogP contribution in [0.25, 0.3) is 22.8 Å². The first-order valence-electron chi connectivity index (χ1n) is 15.5. The maximum atomic E-state index is 13.7. The number of hydrogen-bond acceptors (Lipinski definition) is 14. The number of carboxylic acids is 2. The van der Waals surface area contributed by atoms with E-state index in [-0.39, 0.29) is 47.7 Å². The minimum absolute atomic E-state index is 0.127. The molecule has 22 heteroatoms. The van der Waals surface area contributed by atoms with Gasteiger partial charge in [-0.3, -0.25) is 9.59 Å². The quantitative estimate of drug-likeness (QED) is 0.120. The van der Waals surface area contributed by atoms with E-state index >= 15 is 0 Å². The molecule has 0 saturated carbocycles. The minimum Gasteiger partial charge on any atom is -0.481 e. The van der Waals surface area contributed by atoms with E-state index < -0.39 is 35.7 Å². The van der Waals surface area contributed by atoms with Crippen LogP contribution in [-0.4, -0.2) is 84.6 Å². The molecule has 2 atom stereocenters. The van der Waals surface area contributed by atoms with Gasteiger partial charge in [-0.1, -0.05) is 23.2 Å². The number of carboxylic acid groups (broad SMARTS) is 2. The molecule has 0 unspecified atom stereocenters. The third kappa shape index (κ3) is 11.4. The first kappa shape index (κ1) is 39.0. The van der Waals surface area contributed by atoms with Crippen molar-refractivity contribution in [3.8, 4) is 46.0 Å². The molecule has 0 amide bonds. The van der Waals surface area contributed by atoms with Crippen molar-refractivity contribution in [2.45, 2.75) is 38.0 Å². The molecule has 0 aliphatic rings. The average molecular weight is 786 g/mol. The Labute approximate surface area is 313 Å². The van der Waals surface area contributed by atoms with Gasteiger partial charge in [0.15, 0.2) is 11.6 Å². The molecule has 4 aromatic heterocycles. The standard InChI is InChI=1S/2C16H14ClFN6O3/c2*17-10-5-13(18)16(20-7-10)27-12-3-1-9(2-4-12)15-21-23-24(22-15)8-11(19)6-14(25)26/h2*1-5,7,11H,6,8,19H2,(H,25,26)/t2*11-/m00/s1. The van der Waals surface area contributed by atoms with Gasteiger partial charge >= 0.3 is 11.9 Å². The number of ether oxygens (including phenoxy) is 2. The number of hydrogen-bond donors (Lipinski definition) is 4. The summed E-state index contributed by atoms with van der Waals surface area (Å²) in [5.74, 6) is -2.32. The number of carbonyl (C=O) groups is 2. The summed E-state index contributed by atoms with van der Waals surface area (Å²) in [7, 11) is 0. The summed E-state index contributed by atoms with van der Waals surface area (Å²) < 4.78 is 38.2. The molecule has 4 heterocycles. The van der Waals surface area contributed by atoms with Crippen molar-refractivity contribution in [1.29, 1.82) is 0 Å². The predicted molar refractivity (Wildman–Crippen MR) is 186 cm³/mol. The van der Waals surface area contributed by atoms with Crippen LogP contribution in [0.3, 0.4) is 0 Å². The van der Waals surface area contributed by atoms with Crippen molar-refractivity contribution in [2.75, 3.05) is 0 Å². The molecular formula is C32H28Cl2F2N12O6. The lowest BCUT2D eigenvalue weighted by Gasteiger charge is -2.06. The van der Waals surface area contributed by atoms with E-state index in [1.165, 1.54) is 22.0 Å². The zero-order chi connectivity index (χ0) is 38.8. The molecular weight excluding hydrogens is 757 g/mol. The minimum atomic E-state index is -0.995. The number of aromatic nitrogens is 10. The molecule has 54 heavy (non-hydrogen) atoms. The lowest BCUT2D eigenvalue weighted by Crippen LogP contribution is -2.30. The van der Waals surface area contributed by atoms with Gasteiger partial charge in [0.05, 0.1) is 36.0 Å². The van der Waals surface area contributed by atoms with Crippen molar-refractivity contribution in [3.63, 3.8) is 0 Å². The fourth-order valence-corrected chi connectivity index (χ4v) is 4.68. The van der Waals surface area contributed by atoms with Crippen LogP contribution in [0.15, 0.2) is 73.1 Å². The molecule has 2 aromatic carbocycles. The summed E-state index contributed by atoms with van der Waals surface area (Å²) in [5, 5.41) is 41.6. The van der Waals surface area contributed by atoms with E-state index in [2.05, 4.69) is 40.8 Å². The molecule has 6 aromatic rings. The normalized spacial score (nSPS) is 12.0. The maximum Gasteiger partial charge on any atom is 0.304 e. The molecule has 0 saturated heterocycles. The summed E-state index contributed by atoms with van der Waals surface area (Å²) in [6.07, 6.45) is 2.17. The van der Waals surface area contributed by atoms with Crippen molar-refractivity contribution in [3.05, 3.63) is 94.7 Å². The van der Waals surface area contributed by atoms with Gasteiger partial charge < -0.3 is 31.2 Å². The smallest absolute Gasteiger partial charge is 0.304 e. The number of aliphatic carboxylic acids is 2. The Morgan fingerprint density at radius 2 is 1.06 bits per heavy atom. The number of nitrogens with zero attached hydrogens (tertiary/aromatic N) is 10. The summed E-state index contributed by atoms with van der Waals surface area (Å²) in [4.78, 5) is 31.3. The molecule has 0 fully saturated rings. The largest absolute Gasteiger partial charge is 0.481 e. The highest BCUT2D eigenvalue weighted by Gasteiger charge is 2.15. The first-order chi connectivity index (χ1) is 25.8. The molecule has 6 N–H and O–H groups in total. The number of tetrazole rings is 2. The molecule has 280 valence electrons. The Kier molecular flexibility index (Phi) is 13.0. The number of rotatable bonds is 14. The Bertz CT molecular complexity index is 2050. The van der Waals surface area contributed by atoms with Crippen LogP contribution in [0, 0.1) is 11.6 Å². The van der Waals surface area contributed by atoms with Crippen molar-refractivity contribution < 1.29 is 38.1 Å². The highest BCUT2D eigenvalue weighted by molar-refractivity contribution is 6.30. The molecule has 6 rings (SSSR count). The van der Waals surface area contributed by atoms with E-state index in [9.17, 15) is 18.4 Å².